The summed E-state index contributed by atoms with van der Waals surface area (Å²) in [5.74, 6) is -1.45. The van der Waals surface area contributed by atoms with Crippen molar-refractivity contribution in [3.63, 3.8) is 0 Å². The van der Waals surface area contributed by atoms with Crippen molar-refractivity contribution < 1.29 is 19.6 Å². The Balaban J connectivity index is 2.24. The van der Waals surface area contributed by atoms with Crippen LogP contribution in [0.4, 0.5) is 11.4 Å². The molecule has 0 fully saturated rings. The highest BCUT2D eigenvalue weighted by molar-refractivity contribution is 6.43. The molecule has 0 bridgehead atoms. The van der Waals surface area contributed by atoms with Crippen molar-refractivity contribution in [1.82, 2.24) is 5.43 Å². The maximum absolute atomic E-state index is 11.9. The molecule has 1 aliphatic heterocycles. The third-order valence-electron chi connectivity index (χ3n) is 2.62. The minimum absolute atomic E-state index is 0.0298. The predicted molar refractivity (Wildman–Crippen MR) is 68.2 cm³/mol. The van der Waals surface area contributed by atoms with Crippen LogP contribution in [0.5, 0.6) is 5.75 Å². The molecule has 0 saturated carbocycles. The zero-order chi connectivity index (χ0) is 14.7. The van der Waals surface area contributed by atoms with E-state index >= 15 is 0 Å². The topological polar surface area (TPSA) is 134 Å². The van der Waals surface area contributed by atoms with Crippen LogP contribution in [-0.4, -0.2) is 27.6 Å². The van der Waals surface area contributed by atoms with E-state index in [1.807, 2.05) is 0 Å². The molecule has 0 atom stereocenters. The lowest BCUT2D eigenvalue weighted by molar-refractivity contribution is -0.384. The zero-order valence-corrected chi connectivity index (χ0v) is 10.1. The van der Waals surface area contributed by atoms with Gasteiger partial charge in [0.15, 0.2) is 5.69 Å². The molecule has 3 N–H and O–H groups in total. The van der Waals surface area contributed by atoms with Gasteiger partial charge in [0.05, 0.1) is 4.92 Å². The molecule has 20 heavy (non-hydrogen) atoms. The third-order valence-corrected chi connectivity index (χ3v) is 2.62. The number of nitrogens with one attached hydrogen (secondary N) is 2. The first-order chi connectivity index (χ1) is 9.49. The summed E-state index contributed by atoms with van der Waals surface area (Å²) in [6.07, 6.45) is 0.230. The van der Waals surface area contributed by atoms with Gasteiger partial charge < -0.3 is 10.4 Å². The minimum atomic E-state index is -0.722. The van der Waals surface area contributed by atoms with Gasteiger partial charge in [-0.3, -0.25) is 19.7 Å². The standard InChI is InChI=1S/C11H10N4O5/c16-8-3-1-2-7(15(19)20)10(8)12-11(18)6-4-5-9(17)14-13-6/h1-3,16H,4-5H2,(H,12,18)(H,14,17). The lowest BCUT2D eigenvalue weighted by Gasteiger charge is -2.12. The summed E-state index contributed by atoms with van der Waals surface area (Å²) in [6, 6.07) is 3.66. The lowest BCUT2D eigenvalue weighted by atomic mass is 10.1. The molecule has 2 rings (SSSR count). The van der Waals surface area contributed by atoms with Crippen LogP contribution in [0, 0.1) is 10.1 Å². The van der Waals surface area contributed by atoms with E-state index in [4.69, 9.17) is 0 Å². The van der Waals surface area contributed by atoms with Crippen LogP contribution >= 0.6 is 0 Å². The predicted octanol–water partition coefficient (Wildman–Crippen LogP) is 0.505. The van der Waals surface area contributed by atoms with E-state index in [-0.39, 0.29) is 30.1 Å². The number of nitro groups is 1. The molecule has 0 aromatic heterocycles. The average molecular weight is 278 g/mol. The number of amides is 2. The van der Waals surface area contributed by atoms with Gasteiger partial charge in [0, 0.05) is 18.9 Å². The highest BCUT2D eigenvalue weighted by atomic mass is 16.6. The highest BCUT2D eigenvalue weighted by Gasteiger charge is 2.23. The second-order valence-electron chi connectivity index (χ2n) is 3.98. The van der Waals surface area contributed by atoms with Gasteiger partial charge in [-0.15, -0.1) is 0 Å². The van der Waals surface area contributed by atoms with Crippen LogP contribution in [0.2, 0.25) is 0 Å². The second-order valence-corrected chi connectivity index (χ2v) is 3.98. The average Bonchev–Trinajstić information content (AvgIpc) is 2.41. The van der Waals surface area contributed by atoms with E-state index in [2.05, 4.69) is 15.8 Å². The van der Waals surface area contributed by atoms with Crippen molar-refractivity contribution in [2.45, 2.75) is 12.8 Å². The van der Waals surface area contributed by atoms with Crippen molar-refractivity contribution >= 4 is 28.9 Å². The molecule has 9 heteroatoms. The molecule has 0 spiro atoms. The maximum atomic E-state index is 11.9. The Hall–Kier alpha value is -2.97. The summed E-state index contributed by atoms with van der Waals surface area (Å²) in [7, 11) is 0. The van der Waals surface area contributed by atoms with Crippen molar-refractivity contribution in [1.29, 1.82) is 0 Å². The number of hydrazone groups is 1. The number of para-hydroxylation sites is 1. The Bertz CT molecular complexity index is 625. The van der Waals surface area contributed by atoms with Crippen LogP contribution < -0.4 is 10.7 Å². The molecule has 1 aromatic rings. The van der Waals surface area contributed by atoms with Crippen molar-refractivity contribution in [2.24, 2.45) is 5.10 Å². The fourth-order valence-corrected chi connectivity index (χ4v) is 1.63. The van der Waals surface area contributed by atoms with Crippen LogP contribution in [0.25, 0.3) is 0 Å². The van der Waals surface area contributed by atoms with Gasteiger partial charge in [0.2, 0.25) is 5.91 Å². The molecule has 0 radical (unpaired) electrons. The summed E-state index contributed by atoms with van der Waals surface area (Å²) < 4.78 is 0. The lowest BCUT2D eigenvalue weighted by Crippen LogP contribution is -2.32. The Kier molecular flexibility index (Phi) is 3.60. The fraction of sp³-hybridized carbons (Fsp3) is 0.182. The first-order valence-electron chi connectivity index (χ1n) is 5.62. The van der Waals surface area contributed by atoms with Crippen molar-refractivity contribution in [3.8, 4) is 5.75 Å². The van der Waals surface area contributed by atoms with Crippen molar-refractivity contribution in [3.05, 3.63) is 28.3 Å². The third kappa shape index (κ3) is 2.71. The molecule has 1 aliphatic rings. The van der Waals surface area contributed by atoms with E-state index in [1.165, 1.54) is 12.1 Å². The monoisotopic (exact) mass is 278 g/mol. The summed E-state index contributed by atoms with van der Waals surface area (Å²) in [4.78, 5) is 32.9. The number of hydrogen-bond donors (Lipinski definition) is 3. The number of phenolic OH excluding ortho intramolecular Hbond substituents is 1. The minimum Gasteiger partial charge on any atom is -0.505 e. The molecular weight excluding hydrogens is 268 g/mol. The Morgan fingerprint density at radius 3 is 2.80 bits per heavy atom. The molecule has 2 amide bonds. The maximum Gasteiger partial charge on any atom is 0.296 e. The summed E-state index contributed by atoms with van der Waals surface area (Å²) in [5, 5.41) is 26.2. The summed E-state index contributed by atoms with van der Waals surface area (Å²) >= 11 is 0. The first-order valence-corrected chi connectivity index (χ1v) is 5.62. The van der Waals surface area contributed by atoms with Crippen LogP contribution in [-0.2, 0) is 9.59 Å². The Morgan fingerprint density at radius 1 is 1.45 bits per heavy atom. The first kappa shape index (κ1) is 13.5. The molecule has 104 valence electrons. The fourth-order valence-electron chi connectivity index (χ4n) is 1.63. The van der Waals surface area contributed by atoms with Gasteiger partial charge in [0.25, 0.3) is 11.6 Å². The number of benzene rings is 1. The number of nitrogens with zero attached hydrogens (tertiary/aromatic N) is 2. The Labute approximate surface area is 112 Å². The van der Waals surface area contributed by atoms with Gasteiger partial charge in [0.1, 0.15) is 11.5 Å². The van der Waals surface area contributed by atoms with E-state index in [0.717, 1.165) is 6.07 Å². The van der Waals surface area contributed by atoms with E-state index < -0.39 is 22.3 Å². The normalized spacial score (nSPS) is 14.2. The second kappa shape index (κ2) is 5.34. The van der Waals surface area contributed by atoms with Gasteiger partial charge >= 0.3 is 0 Å². The number of carbonyl (C=O) groups excluding carboxylic acids is 2. The number of carbonyl (C=O) groups is 2. The number of phenols is 1. The highest BCUT2D eigenvalue weighted by Crippen LogP contribution is 2.33. The van der Waals surface area contributed by atoms with Gasteiger partial charge in [-0.1, -0.05) is 6.07 Å². The summed E-state index contributed by atoms with van der Waals surface area (Å²) in [5.41, 5.74) is 1.44. The molecule has 1 aromatic carbocycles. The zero-order valence-electron chi connectivity index (χ0n) is 10.1. The number of hydrogen-bond acceptors (Lipinski definition) is 6. The molecule has 0 saturated heterocycles. The Morgan fingerprint density at radius 2 is 2.20 bits per heavy atom. The SMILES string of the molecule is O=C1CCC(C(=O)Nc2c(O)cccc2[N+](=O)[O-])=NN1. The molecule has 0 aliphatic carbocycles. The molecule has 1 heterocycles. The number of anilines is 1. The number of nitro benzene ring substituents is 1. The molecular formula is C11H10N4O5. The van der Waals surface area contributed by atoms with E-state index in [1.54, 1.807) is 0 Å². The van der Waals surface area contributed by atoms with Gasteiger partial charge in [-0.05, 0) is 6.07 Å². The smallest absolute Gasteiger partial charge is 0.296 e. The van der Waals surface area contributed by atoms with Crippen molar-refractivity contribution in [2.75, 3.05) is 5.32 Å². The number of rotatable bonds is 3. The van der Waals surface area contributed by atoms with Crippen LogP contribution in [0.1, 0.15) is 12.8 Å². The quantitative estimate of drug-likeness (QED) is 0.420. The van der Waals surface area contributed by atoms with Gasteiger partial charge in [-0.25, -0.2) is 5.43 Å². The number of aromatic hydroxyl groups is 1. The molecule has 0 unspecified atom stereocenters. The molecule has 9 nitrogen and oxygen atoms in total. The van der Waals surface area contributed by atoms with E-state index in [9.17, 15) is 24.8 Å². The van der Waals surface area contributed by atoms with Crippen LogP contribution in [0.3, 0.4) is 0 Å². The van der Waals surface area contributed by atoms with Gasteiger partial charge in [-0.2, -0.15) is 5.10 Å². The van der Waals surface area contributed by atoms with Crippen LogP contribution in [0.15, 0.2) is 23.3 Å². The largest absolute Gasteiger partial charge is 0.505 e. The van der Waals surface area contributed by atoms with E-state index in [0.29, 0.717) is 0 Å². The summed E-state index contributed by atoms with van der Waals surface area (Å²) in [6.45, 7) is 0.